The maximum absolute atomic E-state index is 11.7. The van der Waals surface area contributed by atoms with E-state index in [0.717, 1.165) is 51.6 Å². The highest BCUT2D eigenvalue weighted by molar-refractivity contribution is 5.79. The molecule has 1 aliphatic rings. The fourth-order valence-electron chi connectivity index (χ4n) is 4.94. The van der Waals surface area contributed by atoms with Crippen molar-refractivity contribution in [1.82, 2.24) is 14.7 Å². The molecule has 0 aromatic heterocycles. The number of hydrogen-bond donors (Lipinski definition) is 0. The van der Waals surface area contributed by atoms with Gasteiger partial charge in [0.2, 0.25) is 5.91 Å². The zero-order valence-corrected chi connectivity index (χ0v) is 22.3. The minimum absolute atomic E-state index is 0.175. The minimum atomic E-state index is 0.175. The Morgan fingerprint density at radius 1 is 0.892 bits per heavy atom. The van der Waals surface area contributed by atoms with Crippen LogP contribution in [0.4, 0.5) is 0 Å². The molecule has 0 radical (unpaired) electrons. The molecule has 0 saturated carbocycles. The first-order valence-corrected chi connectivity index (χ1v) is 13.2. The third-order valence-corrected chi connectivity index (χ3v) is 7.37. The molecular weight excluding hydrogens is 458 g/mol. The van der Waals surface area contributed by atoms with Crippen molar-refractivity contribution in [3.63, 3.8) is 0 Å². The van der Waals surface area contributed by atoms with E-state index in [4.69, 9.17) is 4.74 Å². The smallest absolute Gasteiger partial charge is 0.219 e. The van der Waals surface area contributed by atoms with Gasteiger partial charge >= 0.3 is 0 Å². The van der Waals surface area contributed by atoms with Crippen molar-refractivity contribution in [3.8, 4) is 5.75 Å². The Morgan fingerprint density at radius 2 is 1.46 bits per heavy atom. The highest BCUT2D eigenvalue weighted by Gasteiger charge is 2.21. The van der Waals surface area contributed by atoms with Crippen LogP contribution in [0, 0.1) is 0 Å². The molecule has 0 spiro atoms. The van der Waals surface area contributed by atoms with Gasteiger partial charge in [0.25, 0.3) is 0 Å². The van der Waals surface area contributed by atoms with Crippen LogP contribution in [0.3, 0.4) is 0 Å². The largest absolute Gasteiger partial charge is 0.497 e. The highest BCUT2D eigenvalue weighted by Crippen LogP contribution is 2.26. The van der Waals surface area contributed by atoms with Crippen molar-refractivity contribution >= 4 is 11.5 Å². The molecule has 1 heterocycles. The quantitative estimate of drug-likeness (QED) is 0.378. The Kier molecular flexibility index (Phi) is 9.52. The summed E-state index contributed by atoms with van der Waals surface area (Å²) in [5.74, 6) is 1.05. The third kappa shape index (κ3) is 7.31. The minimum Gasteiger partial charge on any atom is -0.497 e. The van der Waals surface area contributed by atoms with E-state index in [9.17, 15) is 4.79 Å². The average Bonchev–Trinajstić information content (AvgIpc) is 2.96. The number of methoxy groups -OCH3 is 1. The lowest BCUT2D eigenvalue weighted by Crippen LogP contribution is -2.49. The monoisotopic (exact) mass is 497 g/mol. The zero-order valence-electron chi connectivity index (χ0n) is 22.3. The van der Waals surface area contributed by atoms with Crippen LogP contribution >= 0.6 is 0 Å². The molecule has 3 aromatic carbocycles. The van der Waals surface area contributed by atoms with Gasteiger partial charge in [-0.3, -0.25) is 14.6 Å². The van der Waals surface area contributed by atoms with Gasteiger partial charge in [-0.1, -0.05) is 78.9 Å². The van der Waals surface area contributed by atoms with Crippen LogP contribution in [0.25, 0.3) is 5.57 Å². The van der Waals surface area contributed by atoms with Crippen LogP contribution in [0.5, 0.6) is 5.75 Å². The van der Waals surface area contributed by atoms with Gasteiger partial charge in [-0.2, -0.15) is 0 Å². The summed E-state index contributed by atoms with van der Waals surface area (Å²) in [6, 6.07) is 29.9. The van der Waals surface area contributed by atoms with E-state index in [2.05, 4.69) is 95.6 Å². The first-order valence-electron chi connectivity index (χ1n) is 13.2. The molecular formula is C32H39N3O2. The molecule has 194 valence electrons. The lowest BCUT2D eigenvalue weighted by Gasteiger charge is -2.36. The number of rotatable bonds is 10. The van der Waals surface area contributed by atoms with Gasteiger partial charge < -0.3 is 9.64 Å². The van der Waals surface area contributed by atoms with Gasteiger partial charge in [0.1, 0.15) is 5.75 Å². The molecule has 0 aliphatic carbocycles. The molecule has 5 nitrogen and oxygen atoms in total. The lowest BCUT2D eigenvalue weighted by molar-refractivity contribution is -0.130. The number of carbonyl (C=O) groups excluding carboxylic acids is 1. The van der Waals surface area contributed by atoms with Gasteiger partial charge in [0.05, 0.1) is 7.11 Å². The molecule has 1 fully saturated rings. The van der Waals surface area contributed by atoms with E-state index in [-0.39, 0.29) is 11.9 Å². The summed E-state index contributed by atoms with van der Waals surface area (Å²) in [5.41, 5.74) is 4.98. The summed E-state index contributed by atoms with van der Waals surface area (Å²) in [5, 5.41) is 0. The molecule has 1 atom stereocenters. The van der Waals surface area contributed by atoms with Crippen molar-refractivity contribution in [2.75, 3.05) is 52.9 Å². The summed E-state index contributed by atoms with van der Waals surface area (Å²) in [6.07, 6.45) is 2.37. The summed E-state index contributed by atoms with van der Waals surface area (Å²) < 4.78 is 5.38. The highest BCUT2D eigenvalue weighted by atomic mass is 16.5. The number of hydrogen-bond acceptors (Lipinski definition) is 4. The van der Waals surface area contributed by atoms with Crippen LogP contribution in [0.15, 0.2) is 91.0 Å². The fraction of sp³-hybridized carbons (Fsp3) is 0.344. The Morgan fingerprint density at radius 3 is 1.97 bits per heavy atom. The number of ether oxygens (including phenoxy) is 1. The molecule has 0 N–H and O–H groups in total. The number of carbonyl (C=O) groups is 1. The van der Waals surface area contributed by atoms with Crippen LogP contribution in [0.2, 0.25) is 0 Å². The maximum atomic E-state index is 11.7. The van der Waals surface area contributed by atoms with E-state index in [0.29, 0.717) is 0 Å². The van der Waals surface area contributed by atoms with E-state index in [1.54, 1.807) is 14.0 Å². The Labute approximate surface area is 222 Å². The van der Waals surface area contributed by atoms with Crippen molar-refractivity contribution in [1.29, 1.82) is 0 Å². The predicted octanol–water partition coefficient (Wildman–Crippen LogP) is 5.35. The number of amides is 1. The van der Waals surface area contributed by atoms with Gasteiger partial charge in [-0.25, -0.2) is 0 Å². The van der Waals surface area contributed by atoms with Crippen molar-refractivity contribution in [2.45, 2.75) is 19.9 Å². The molecule has 4 rings (SSSR count). The Hall–Kier alpha value is -3.41. The van der Waals surface area contributed by atoms with Crippen molar-refractivity contribution < 1.29 is 9.53 Å². The van der Waals surface area contributed by atoms with Crippen molar-refractivity contribution in [2.24, 2.45) is 0 Å². The summed E-state index contributed by atoms with van der Waals surface area (Å²) >= 11 is 0. The molecule has 0 bridgehead atoms. The fourth-order valence-corrected chi connectivity index (χ4v) is 4.94. The van der Waals surface area contributed by atoms with Crippen LogP contribution in [0.1, 0.15) is 36.6 Å². The predicted molar refractivity (Wildman–Crippen MR) is 152 cm³/mol. The third-order valence-electron chi connectivity index (χ3n) is 7.37. The summed E-state index contributed by atoms with van der Waals surface area (Å²) in [4.78, 5) is 18.7. The summed E-state index contributed by atoms with van der Waals surface area (Å²) in [6.45, 7) is 10.2. The molecule has 5 heteroatoms. The molecule has 1 aliphatic heterocycles. The van der Waals surface area contributed by atoms with Crippen LogP contribution in [-0.2, 0) is 4.79 Å². The topological polar surface area (TPSA) is 36.0 Å². The first-order chi connectivity index (χ1) is 18.0. The molecule has 1 amide bonds. The van der Waals surface area contributed by atoms with Gasteiger partial charge in [-0.15, -0.1) is 0 Å². The molecule has 0 unspecified atom stereocenters. The number of benzene rings is 3. The molecule has 1 saturated heterocycles. The van der Waals surface area contributed by atoms with Gasteiger partial charge in [0.15, 0.2) is 0 Å². The summed E-state index contributed by atoms with van der Waals surface area (Å²) in [7, 11) is 1.70. The van der Waals surface area contributed by atoms with E-state index in [1.807, 2.05) is 17.0 Å². The van der Waals surface area contributed by atoms with Crippen LogP contribution < -0.4 is 4.74 Å². The van der Waals surface area contributed by atoms with Crippen LogP contribution in [-0.4, -0.2) is 73.5 Å². The molecule has 3 aromatic rings. The van der Waals surface area contributed by atoms with Crippen molar-refractivity contribution in [3.05, 3.63) is 108 Å². The van der Waals surface area contributed by atoms with E-state index >= 15 is 0 Å². The normalized spacial score (nSPS) is 14.9. The van der Waals surface area contributed by atoms with E-state index < -0.39 is 0 Å². The van der Waals surface area contributed by atoms with E-state index in [1.165, 1.54) is 22.3 Å². The van der Waals surface area contributed by atoms with Gasteiger partial charge in [-0.05, 0) is 41.3 Å². The zero-order chi connectivity index (χ0) is 26.0. The first kappa shape index (κ1) is 26.6. The van der Waals surface area contributed by atoms with Gasteiger partial charge in [0, 0.05) is 58.8 Å². The second-order valence-electron chi connectivity index (χ2n) is 9.64. The maximum Gasteiger partial charge on any atom is 0.219 e. The Bertz CT molecular complexity index is 1100. The average molecular weight is 498 g/mol. The Balaban J connectivity index is 1.55. The second kappa shape index (κ2) is 13.2. The second-order valence-corrected chi connectivity index (χ2v) is 9.64. The number of piperazine rings is 1. The molecule has 37 heavy (non-hydrogen) atoms. The lowest BCUT2D eigenvalue weighted by atomic mass is 9.97. The standard InChI is InChI=1S/C32H39N3O2/c1-26(28-14-16-31(37-3)17-15-28)34(23-20-33-21-24-35(25-22-33)27(2)36)19-18-32(29-10-6-4-7-11-29)30-12-8-5-9-13-30/h4-18,26H,19-25H2,1-3H3/t26-/m1/s1. The SMILES string of the molecule is COc1ccc([C@@H](C)N(CC=C(c2ccccc2)c2ccccc2)CCN2CCN(C(C)=O)CC2)cc1. The number of nitrogens with zero attached hydrogens (tertiary/aromatic N) is 3.